The lowest BCUT2D eigenvalue weighted by molar-refractivity contribution is -0.192. The quantitative estimate of drug-likeness (QED) is 0.183. The van der Waals surface area contributed by atoms with Crippen LogP contribution in [0, 0.1) is 5.41 Å². The van der Waals surface area contributed by atoms with Gasteiger partial charge in [0.05, 0.1) is 23.9 Å². The third-order valence-corrected chi connectivity index (χ3v) is 9.99. The summed E-state index contributed by atoms with van der Waals surface area (Å²) in [6, 6.07) is 11.0. The number of thiazole rings is 1. The average molecular weight is 732 g/mol. The van der Waals surface area contributed by atoms with Crippen LogP contribution in [-0.4, -0.2) is 100 Å². The normalized spacial score (nSPS) is 17.4. The largest absolute Gasteiger partial charge is 0.490 e. The lowest BCUT2D eigenvalue weighted by Gasteiger charge is -2.40. The van der Waals surface area contributed by atoms with Gasteiger partial charge in [0.25, 0.3) is 11.8 Å². The summed E-state index contributed by atoms with van der Waals surface area (Å²) in [5, 5.41) is 27.4. The Morgan fingerprint density at radius 3 is 2.27 bits per heavy atom. The molecule has 0 radical (unpaired) electrons. The van der Waals surface area contributed by atoms with Crippen LogP contribution in [0.1, 0.15) is 60.7 Å². The first-order chi connectivity index (χ1) is 24.2. The van der Waals surface area contributed by atoms with Crippen molar-refractivity contribution in [2.75, 3.05) is 43.5 Å². The number of nitrogens with zero attached hydrogens (tertiary/aromatic N) is 4. The number of carboxylic acids is 2. The molecule has 1 atom stereocenters. The highest BCUT2D eigenvalue weighted by Crippen LogP contribution is 2.39. The van der Waals surface area contributed by atoms with E-state index in [9.17, 15) is 32.7 Å². The minimum atomic E-state index is -5.08. The predicted octanol–water partition coefficient (Wildman–Crippen LogP) is 3.72. The number of aromatic carboxylic acids is 1. The van der Waals surface area contributed by atoms with Crippen molar-refractivity contribution in [1.29, 1.82) is 5.41 Å². The van der Waals surface area contributed by atoms with E-state index >= 15 is 0 Å². The summed E-state index contributed by atoms with van der Waals surface area (Å²) >= 11 is 1.29. The Balaban J connectivity index is 0.000000654. The van der Waals surface area contributed by atoms with E-state index < -0.39 is 24.2 Å². The number of fused-ring (bicyclic) bond motifs is 2. The maximum absolute atomic E-state index is 14.1. The molecule has 0 saturated carbocycles. The van der Waals surface area contributed by atoms with E-state index in [2.05, 4.69) is 21.3 Å². The van der Waals surface area contributed by atoms with Gasteiger partial charge in [0, 0.05) is 56.0 Å². The zero-order valence-corrected chi connectivity index (χ0v) is 28.2. The molecule has 6 N–H and O–H groups in total. The molecule has 18 heteroatoms. The number of amides is 2. The minimum absolute atomic E-state index is 0.0139. The number of benzene rings is 2. The number of ether oxygens (including phenoxy) is 1. The maximum atomic E-state index is 14.1. The smallest absolute Gasteiger partial charge is 0.478 e. The minimum Gasteiger partial charge on any atom is -0.478 e. The number of nitrogens with two attached hydrogens (primary N) is 1. The van der Waals surface area contributed by atoms with Gasteiger partial charge in [-0.05, 0) is 60.7 Å². The number of alkyl halides is 3. The van der Waals surface area contributed by atoms with E-state index in [1.807, 2.05) is 12.1 Å². The fourth-order valence-corrected chi connectivity index (χ4v) is 7.38. The summed E-state index contributed by atoms with van der Waals surface area (Å²) in [5.41, 5.74) is 9.96. The first kappa shape index (κ1) is 37.0. The molecule has 1 aromatic heterocycles. The number of aliphatic carboxylic acids is 1. The number of guanidine groups is 1. The molecule has 14 nitrogen and oxygen atoms in total. The first-order valence-corrected chi connectivity index (χ1v) is 16.7. The first-order valence-electron chi connectivity index (χ1n) is 15.9. The van der Waals surface area contributed by atoms with Crippen LogP contribution < -0.4 is 16.0 Å². The predicted molar refractivity (Wildman–Crippen MR) is 180 cm³/mol. The number of halogens is 3. The van der Waals surface area contributed by atoms with Gasteiger partial charge in [0.2, 0.25) is 0 Å². The number of nitrogens with one attached hydrogen (secondary N) is 2. The van der Waals surface area contributed by atoms with Crippen molar-refractivity contribution in [1.82, 2.24) is 14.8 Å². The molecule has 51 heavy (non-hydrogen) atoms. The second kappa shape index (κ2) is 15.3. The molecule has 2 amide bonds. The number of carboxylic acid groups (broad SMARTS) is 2. The molecule has 3 aromatic rings. The summed E-state index contributed by atoms with van der Waals surface area (Å²) in [6.45, 7) is 3.00. The molecule has 4 heterocycles. The van der Waals surface area contributed by atoms with Gasteiger partial charge in [0.1, 0.15) is 6.04 Å². The van der Waals surface area contributed by atoms with E-state index in [0.717, 1.165) is 53.3 Å². The Morgan fingerprint density at radius 2 is 1.69 bits per heavy atom. The van der Waals surface area contributed by atoms with Crippen molar-refractivity contribution >= 4 is 52.4 Å². The highest BCUT2D eigenvalue weighted by molar-refractivity contribution is 7.13. The highest BCUT2D eigenvalue weighted by atomic mass is 32.1. The van der Waals surface area contributed by atoms with Gasteiger partial charge in [-0.1, -0.05) is 12.1 Å². The van der Waals surface area contributed by atoms with Crippen molar-refractivity contribution in [3.63, 3.8) is 0 Å². The fourth-order valence-electron chi connectivity index (χ4n) is 6.30. The molecular formula is C33H36F3N7O7S. The Bertz CT molecular complexity index is 1810. The van der Waals surface area contributed by atoms with Gasteiger partial charge in [0.15, 0.2) is 11.0 Å². The SMILES string of the molecule is COC1CCN(c2cccc3c2CCN(C(=O)c2nc4c(s2)CN(C(=N)N)CC4)C3C(=O)Nc2ccc(C(=O)O)cc2)CC1.O=C(O)C(F)(F)F. The van der Waals surface area contributed by atoms with Gasteiger partial charge >= 0.3 is 18.1 Å². The van der Waals surface area contributed by atoms with E-state index in [1.165, 1.54) is 23.5 Å². The van der Waals surface area contributed by atoms with Crippen LogP contribution in [0.2, 0.25) is 0 Å². The van der Waals surface area contributed by atoms with Gasteiger partial charge in [-0.25, -0.2) is 14.6 Å². The third-order valence-electron chi connectivity index (χ3n) is 8.92. The van der Waals surface area contributed by atoms with Crippen LogP contribution >= 0.6 is 11.3 Å². The van der Waals surface area contributed by atoms with Crippen LogP contribution in [0.3, 0.4) is 0 Å². The van der Waals surface area contributed by atoms with Crippen molar-refractivity contribution in [2.24, 2.45) is 5.73 Å². The average Bonchev–Trinajstić information content (AvgIpc) is 3.54. The Kier molecular flexibility index (Phi) is 11.1. The van der Waals surface area contributed by atoms with Gasteiger partial charge in [-0.3, -0.25) is 15.0 Å². The standard InChI is InChI=1S/C31H35N7O5S.C2HF3O2/c1-43-20-9-13-36(14-10-20)24-4-2-3-22-21(24)11-16-38(26(22)27(39)34-19-7-5-18(6-8-19)30(41)42)29(40)28-35-23-12-15-37(31(32)33)17-25(23)44-28;3-2(4,5)1(6)7/h2-8,20,26H,9-17H2,1H3,(H3,32,33)(H,34,39)(H,41,42);(H,6,7). The molecule has 2 aromatic carbocycles. The number of piperidine rings is 1. The van der Waals surface area contributed by atoms with Crippen LogP contribution in [0.25, 0.3) is 0 Å². The van der Waals surface area contributed by atoms with Crippen molar-refractivity contribution in [3.05, 3.63) is 74.7 Å². The molecule has 0 bridgehead atoms. The summed E-state index contributed by atoms with van der Waals surface area (Å²) in [4.78, 5) is 59.6. The van der Waals surface area contributed by atoms with E-state index in [-0.39, 0.29) is 29.4 Å². The van der Waals surface area contributed by atoms with Gasteiger partial charge < -0.3 is 40.7 Å². The van der Waals surface area contributed by atoms with Crippen molar-refractivity contribution in [3.8, 4) is 0 Å². The van der Waals surface area contributed by atoms with Gasteiger partial charge in [-0.15, -0.1) is 11.3 Å². The van der Waals surface area contributed by atoms with Gasteiger partial charge in [-0.2, -0.15) is 13.2 Å². The fraction of sp³-hybridized carbons (Fsp3) is 0.394. The lowest BCUT2D eigenvalue weighted by Crippen LogP contribution is -2.46. The molecule has 3 aliphatic heterocycles. The number of aromatic nitrogens is 1. The van der Waals surface area contributed by atoms with Crippen LogP contribution in [0.5, 0.6) is 0 Å². The Hall–Kier alpha value is -5.23. The van der Waals surface area contributed by atoms with Crippen LogP contribution in [-0.2, 0) is 33.7 Å². The van der Waals surface area contributed by atoms with E-state index in [1.54, 1.807) is 29.0 Å². The van der Waals surface area contributed by atoms with E-state index in [0.29, 0.717) is 43.2 Å². The Morgan fingerprint density at radius 1 is 1.02 bits per heavy atom. The number of hydrogen-bond donors (Lipinski definition) is 5. The molecule has 0 aliphatic carbocycles. The summed E-state index contributed by atoms with van der Waals surface area (Å²) in [6.07, 6.45) is -1.85. The molecule has 1 unspecified atom stereocenters. The number of anilines is 2. The number of hydrogen-bond acceptors (Lipinski definition) is 9. The number of carbonyl (C=O) groups excluding carboxylic acids is 2. The number of rotatable bonds is 6. The molecule has 0 spiro atoms. The zero-order chi connectivity index (χ0) is 37.0. The van der Waals surface area contributed by atoms with Crippen LogP contribution in [0.4, 0.5) is 24.5 Å². The monoisotopic (exact) mass is 731 g/mol. The third kappa shape index (κ3) is 8.39. The number of carbonyl (C=O) groups is 4. The van der Waals surface area contributed by atoms with Crippen molar-refractivity contribution in [2.45, 2.75) is 50.6 Å². The topological polar surface area (TPSA) is 202 Å². The molecule has 1 saturated heterocycles. The van der Waals surface area contributed by atoms with Crippen molar-refractivity contribution < 1.29 is 47.3 Å². The summed E-state index contributed by atoms with van der Waals surface area (Å²) < 4.78 is 37.3. The maximum Gasteiger partial charge on any atom is 0.490 e. The highest BCUT2D eigenvalue weighted by Gasteiger charge is 2.40. The summed E-state index contributed by atoms with van der Waals surface area (Å²) in [5.74, 6) is -4.54. The number of methoxy groups -OCH3 is 1. The Labute approximate surface area is 294 Å². The van der Waals surface area contributed by atoms with Crippen LogP contribution in [0.15, 0.2) is 42.5 Å². The molecular weight excluding hydrogens is 695 g/mol. The zero-order valence-electron chi connectivity index (χ0n) is 27.4. The molecule has 3 aliphatic rings. The van der Waals surface area contributed by atoms with E-state index in [4.69, 9.17) is 25.8 Å². The molecule has 6 rings (SSSR count). The lowest BCUT2D eigenvalue weighted by atomic mass is 9.89. The molecule has 1 fully saturated rings. The second-order valence-corrected chi connectivity index (χ2v) is 13.1. The second-order valence-electron chi connectivity index (χ2n) is 12.0. The summed E-state index contributed by atoms with van der Waals surface area (Å²) in [7, 11) is 1.74. The molecule has 272 valence electrons.